The molecule has 0 amide bonds. The van der Waals surface area contributed by atoms with Crippen LogP contribution in [0.2, 0.25) is 0 Å². The molecule has 0 saturated heterocycles. The van der Waals surface area contributed by atoms with E-state index in [1.54, 1.807) is 0 Å². The van der Waals surface area contributed by atoms with Gasteiger partial charge in [-0.1, -0.05) is 213 Å². The smallest absolute Gasteiger partial charge is 0.462 e. The number of phosphoric acid groups is 1. The molecule has 0 heterocycles. The van der Waals surface area contributed by atoms with E-state index >= 15 is 0 Å². The van der Waals surface area contributed by atoms with Crippen molar-refractivity contribution in [3.8, 4) is 0 Å². The van der Waals surface area contributed by atoms with Gasteiger partial charge >= 0.3 is 25.7 Å². The molecule has 0 aromatic carbocycles. The molecule has 2 N–H and O–H groups in total. The van der Waals surface area contributed by atoms with Gasteiger partial charge in [-0.15, -0.1) is 0 Å². The van der Waals surface area contributed by atoms with Gasteiger partial charge in [0.1, 0.15) is 12.7 Å². The summed E-state index contributed by atoms with van der Waals surface area (Å²) in [7, 11) is -4.78. The molecule has 3 unspecified atom stereocenters. The van der Waals surface area contributed by atoms with Crippen LogP contribution in [0.4, 0.5) is 0 Å². The quantitative estimate of drug-likeness (QED) is 0.0197. The van der Waals surface area contributed by atoms with Gasteiger partial charge < -0.3 is 24.2 Å². The van der Waals surface area contributed by atoms with Crippen molar-refractivity contribution < 1.29 is 52.2 Å². The summed E-state index contributed by atoms with van der Waals surface area (Å²) in [5.74, 6) is -1.60. The van der Waals surface area contributed by atoms with Gasteiger partial charge in [0.15, 0.2) is 6.10 Å². The summed E-state index contributed by atoms with van der Waals surface area (Å²) in [6, 6.07) is 0. The normalized spacial score (nSPS) is 14.2. The molecule has 0 aromatic rings. The molecule has 0 bridgehead atoms. The van der Waals surface area contributed by atoms with Crippen molar-refractivity contribution in [1.29, 1.82) is 0 Å². The topological polar surface area (TPSA) is 155 Å². The number of carbonyl (C=O) groups is 3. The molecule has 11 nitrogen and oxygen atoms in total. The summed E-state index contributed by atoms with van der Waals surface area (Å²) in [5, 5.41) is 9.82. The zero-order chi connectivity index (χ0) is 55.5. The maximum Gasteiger partial charge on any atom is 0.472 e. The summed E-state index contributed by atoms with van der Waals surface area (Å²) in [5.41, 5.74) is 0. The van der Waals surface area contributed by atoms with E-state index in [2.05, 4.69) is 130 Å². The van der Waals surface area contributed by atoms with Gasteiger partial charge in [0.25, 0.3) is 0 Å². The number of hydrogen-bond acceptors (Lipinski definition) is 10. The van der Waals surface area contributed by atoms with Gasteiger partial charge in [0.05, 0.1) is 19.8 Å². The Labute approximate surface area is 462 Å². The van der Waals surface area contributed by atoms with Crippen molar-refractivity contribution in [2.45, 2.75) is 238 Å². The molecular formula is C64H105O11P. The number of aliphatic hydroxyl groups is 1. The molecule has 0 radical (unpaired) electrons. The van der Waals surface area contributed by atoms with E-state index in [1.165, 1.54) is 38.5 Å². The average molecular weight is 1080 g/mol. The van der Waals surface area contributed by atoms with Gasteiger partial charge in [0, 0.05) is 19.3 Å². The van der Waals surface area contributed by atoms with Crippen LogP contribution in [0.1, 0.15) is 226 Å². The number of esters is 3. The highest BCUT2D eigenvalue weighted by atomic mass is 31.2. The van der Waals surface area contributed by atoms with Gasteiger partial charge in [-0.3, -0.25) is 23.4 Å². The molecule has 0 aliphatic carbocycles. The van der Waals surface area contributed by atoms with Crippen LogP contribution in [0.25, 0.3) is 0 Å². The second-order valence-corrected chi connectivity index (χ2v) is 20.5. The van der Waals surface area contributed by atoms with Crippen molar-refractivity contribution in [2.24, 2.45) is 0 Å². The van der Waals surface area contributed by atoms with E-state index in [1.807, 2.05) is 12.2 Å². The number of aliphatic hydroxyl groups excluding tert-OH is 1. The molecule has 0 spiro atoms. The van der Waals surface area contributed by atoms with Gasteiger partial charge in [0.2, 0.25) is 0 Å². The van der Waals surface area contributed by atoms with Crippen LogP contribution < -0.4 is 0 Å². The number of allylic oxidation sites excluding steroid dienone is 20. The molecule has 0 fully saturated rings. The van der Waals surface area contributed by atoms with Crippen molar-refractivity contribution in [3.05, 3.63) is 122 Å². The monoisotopic (exact) mass is 1080 g/mol. The standard InChI is InChI=1S/C64H105O11P/c1-4-7-10-13-16-19-22-25-28-29-30-31-34-37-40-43-46-49-52-55-64(68)75-61(57-71-62(66)53-50-47-44-41-38-35-32-26-23-20-17-14-11-8-5-2)59-73-76(69,70)72-58-60(56-65)74-63(67)54-51-48-45-42-39-36-33-27-24-21-18-15-12-9-6-3/h7,9-10,12,16,18-19,21,25-28,30-33,37,40,46,49,60-61,65H,4-6,8,11,13-15,17,20,22-24,29,34-36,38-39,41-45,47-48,50-59H2,1-3H3,(H,69,70)/b10-7-,12-9-,19-16-,21-18-,28-25-,31-30-,32-26-,33-27-,40-37-,49-46-. The third kappa shape index (κ3) is 54.7. The van der Waals surface area contributed by atoms with Crippen LogP contribution in [0, 0.1) is 0 Å². The molecular weight excluding hydrogens is 976 g/mol. The molecule has 0 rings (SSSR count). The van der Waals surface area contributed by atoms with E-state index in [4.69, 9.17) is 23.3 Å². The Morgan fingerprint density at radius 1 is 0.382 bits per heavy atom. The number of ether oxygens (including phenoxy) is 3. The van der Waals surface area contributed by atoms with Gasteiger partial charge in [-0.2, -0.15) is 0 Å². The Bertz CT molecular complexity index is 1740. The Kier molecular flexibility index (Phi) is 54.0. The fraction of sp³-hybridized carbons (Fsp3) is 0.641. The minimum Gasteiger partial charge on any atom is -0.462 e. The lowest BCUT2D eigenvalue weighted by atomic mass is 10.1. The molecule has 432 valence electrons. The van der Waals surface area contributed by atoms with Crippen LogP contribution in [0.3, 0.4) is 0 Å². The van der Waals surface area contributed by atoms with E-state index in [0.29, 0.717) is 25.7 Å². The zero-order valence-electron chi connectivity index (χ0n) is 47.7. The van der Waals surface area contributed by atoms with Crippen LogP contribution in [0.5, 0.6) is 0 Å². The lowest BCUT2D eigenvalue weighted by Crippen LogP contribution is -2.30. The summed E-state index contributed by atoms with van der Waals surface area (Å²) in [6.07, 6.45) is 70.3. The number of unbranched alkanes of at least 4 members (excludes halogenated alkanes) is 16. The maximum absolute atomic E-state index is 12.9. The highest BCUT2D eigenvalue weighted by molar-refractivity contribution is 7.47. The molecule has 0 aromatic heterocycles. The van der Waals surface area contributed by atoms with E-state index in [-0.39, 0.29) is 25.9 Å². The molecule has 76 heavy (non-hydrogen) atoms. The SMILES string of the molecule is CC/C=C\C/C=C\C/C=C\C/C=C\C/C=C\C/C=C\CCC(=O)OC(COC(=O)CCCCCCC/C=C\CCCCCCCC)COP(=O)(O)OCC(CO)OC(=O)CCCCCCC/C=C\C/C=C\C/C=C\CC. The van der Waals surface area contributed by atoms with E-state index in [0.717, 1.165) is 122 Å². The highest BCUT2D eigenvalue weighted by Gasteiger charge is 2.28. The second-order valence-electron chi connectivity index (χ2n) is 19.0. The zero-order valence-corrected chi connectivity index (χ0v) is 48.6. The molecule has 3 atom stereocenters. The number of rotatable bonds is 53. The van der Waals surface area contributed by atoms with Crippen LogP contribution in [-0.4, -0.2) is 66.5 Å². The van der Waals surface area contributed by atoms with Crippen LogP contribution in [-0.2, 0) is 42.2 Å². The van der Waals surface area contributed by atoms with E-state index in [9.17, 15) is 28.9 Å². The van der Waals surface area contributed by atoms with Crippen molar-refractivity contribution in [1.82, 2.24) is 0 Å². The van der Waals surface area contributed by atoms with Crippen LogP contribution in [0.15, 0.2) is 122 Å². The second kappa shape index (κ2) is 57.1. The molecule has 0 saturated carbocycles. The van der Waals surface area contributed by atoms with Crippen LogP contribution >= 0.6 is 7.82 Å². The van der Waals surface area contributed by atoms with Crippen molar-refractivity contribution in [2.75, 3.05) is 26.4 Å². The predicted molar refractivity (Wildman–Crippen MR) is 316 cm³/mol. The third-order valence-corrected chi connectivity index (χ3v) is 12.8. The molecule has 0 aliphatic rings. The first-order chi connectivity index (χ1) is 37.2. The minimum atomic E-state index is -4.78. The summed E-state index contributed by atoms with van der Waals surface area (Å²) < 4.78 is 39.4. The fourth-order valence-electron chi connectivity index (χ4n) is 7.45. The van der Waals surface area contributed by atoms with Gasteiger partial charge in [-0.25, -0.2) is 4.57 Å². The Morgan fingerprint density at radius 3 is 1.14 bits per heavy atom. The first-order valence-corrected chi connectivity index (χ1v) is 30.9. The maximum atomic E-state index is 12.9. The number of carbonyl (C=O) groups excluding carboxylic acids is 3. The number of phosphoric ester groups is 1. The molecule has 0 aliphatic heterocycles. The van der Waals surface area contributed by atoms with Gasteiger partial charge in [-0.05, 0) is 116 Å². The summed E-state index contributed by atoms with van der Waals surface area (Å²) >= 11 is 0. The minimum absolute atomic E-state index is 0.0338. The summed E-state index contributed by atoms with van der Waals surface area (Å²) in [4.78, 5) is 48.5. The Hall–Kier alpha value is -4.12. The first kappa shape index (κ1) is 71.9. The van der Waals surface area contributed by atoms with Crippen molar-refractivity contribution in [3.63, 3.8) is 0 Å². The highest BCUT2D eigenvalue weighted by Crippen LogP contribution is 2.43. The largest absolute Gasteiger partial charge is 0.472 e. The summed E-state index contributed by atoms with van der Waals surface area (Å²) in [6.45, 7) is 4.29. The Balaban J connectivity index is 4.87. The Morgan fingerprint density at radius 2 is 0.711 bits per heavy atom. The average Bonchev–Trinajstić information content (AvgIpc) is 3.41. The predicted octanol–water partition coefficient (Wildman–Crippen LogP) is 17.6. The van der Waals surface area contributed by atoms with Crippen molar-refractivity contribution >= 4 is 25.7 Å². The lowest BCUT2D eigenvalue weighted by Gasteiger charge is -2.21. The molecule has 12 heteroatoms. The van der Waals surface area contributed by atoms with E-state index < -0.39 is 57.8 Å². The number of hydrogen-bond donors (Lipinski definition) is 2. The third-order valence-electron chi connectivity index (χ3n) is 11.9. The lowest BCUT2D eigenvalue weighted by molar-refractivity contribution is -0.161. The fourth-order valence-corrected chi connectivity index (χ4v) is 8.23. The first-order valence-electron chi connectivity index (χ1n) is 29.4.